The minimum absolute atomic E-state index is 0.0405. The van der Waals surface area contributed by atoms with Gasteiger partial charge in [0.15, 0.2) is 5.65 Å². The largest absolute Gasteiger partial charge is 0.465 e. The fourth-order valence-electron chi connectivity index (χ4n) is 2.93. The molecule has 0 radical (unpaired) electrons. The van der Waals surface area contributed by atoms with E-state index in [0.29, 0.717) is 18.9 Å². The fraction of sp³-hybridized carbons (Fsp3) is 0.250. The molecule has 3 N–H and O–H groups in total. The van der Waals surface area contributed by atoms with Crippen LogP contribution in [0, 0.1) is 0 Å². The molecular formula is C16H16N6O2. The van der Waals surface area contributed by atoms with Crippen molar-refractivity contribution in [3.05, 3.63) is 36.8 Å². The first kappa shape index (κ1) is 14.4. The van der Waals surface area contributed by atoms with Gasteiger partial charge in [0.2, 0.25) is 0 Å². The molecule has 24 heavy (non-hydrogen) atoms. The van der Waals surface area contributed by atoms with Crippen LogP contribution < -0.4 is 5.32 Å². The molecule has 3 aromatic rings. The van der Waals surface area contributed by atoms with Crippen molar-refractivity contribution in [1.82, 2.24) is 24.8 Å². The van der Waals surface area contributed by atoms with Gasteiger partial charge in [0.1, 0.15) is 11.3 Å². The minimum Gasteiger partial charge on any atom is -0.465 e. The molecule has 1 aliphatic rings. The summed E-state index contributed by atoms with van der Waals surface area (Å²) in [4.78, 5) is 28.9. The number of hydrogen-bond donors (Lipinski definition) is 3. The molecular weight excluding hydrogens is 308 g/mol. The smallest absolute Gasteiger partial charge is 0.407 e. The Kier molecular flexibility index (Phi) is 3.49. The Hall–Kier alpha value is -3.16. The average Bonchev–Trinajstić information content (AvgIpc) is 3.23. The summed E-state index contributed by atoms with van der Waals surface area (Å²) in [5.74, 6) is 0.693. The van der Waals surface area contributed by atoms with E-state index in [1.165, 1.54) is 4.90 Å². The number of nitrogens with one attached hydrogen (secondary N) is 2. The van der Waals surface area contributed by atoms with E-state index >= 15 is 0 Å². The molecule has 0 bridgehead atoms. The van der Waals surface area contributed by atoms with Gasteiger partial charge in [-0.25, -0.2) is 19.7 Å². The summed E-state index contributed by atoms with van der Waals surface area (Å²) >= 11 is 0. The van der Waals surface area contributed by atoms with Crippen molar-refractivity contribution in [2.75, 3.05) is 18.4 Å². The van der Waals surface area contributed by atoms with E-state index in [1.54, 1.807) is 18.6 Å². The second-order valence-corrected chi connectivity index (χ2v) is 5.72. The predicted molar refractivity (Wildman–Crippen MR) is 88.7 cm³/mol. The maximum Gasteiger partial charge on any atom is 0.407 e. The molecule has 1 aliphatic heterocycles. The van der Waals surface area contributed by atoms with Crippen LogP contribution in [0.25, 0.3) is 22.4 Å². The molecule has 0 aromatic carbocycles. The molecule has 1 amide bonds. The first-order valence-corrected chi connectivity index (χ1v) is 7.70. The molecule has 0 saturated carbocycles. The quantitative estimate of drug-likeness (QED) is 0.682. The number of aromatic amines is 1. The predicted octanol–water partition coefficient (Wildman–Crippen LogP) is 2.18. The number of nitrogens with zero attached hydrogens (tertiary/aromatic N) is 4. The maximum absolute atomic E-state index is 11.0. The zero-order valence-corrected chi connectivity index (χ0v) is 12.8. The summed E-state index contributed by atoms with van der Waals surface area (Å²) < 4.78 is 0. The Morgan fingerprint density at radius 1 is 1.38 bits per heavy atom. The van der Waals surface area contributed by atoms with Crippen LogP contribution in [0.3, 0.4) is 0 Å². The third-order valence-electron chi connectivity index (χ3n) is 4.14. The monoisotopic (exact) mass is 324 g/mol. The van der Waals surface area contributed by atoms with E-state index in [4.69, 9.17) is 5.11 Å². The van der Waals surface area contributed by atoms with Gasteiger partial charge >= 0.3 is 6.09 Å². The van der Waals surface area contributed by atoms with E-state index in [1.807, 2.05) is 18.2 Å². The number of aromatic nitrogens is 4. The highest BCUT2D eigenvalue weighted by Gasteiger charge is 2.26. The highest BCUT2D eigenvalue weighted by Crippen LogP contribution is 2.26. The minimum atomic E-state index is -0.885. The Morgan fingerprint density at radius 2 is 2.29 bits per heavy atom. The van der Waals surface area contributed by atoms with Gasteiger partial charge in [-0.15, -0.1) is 0 Å². The molecule has 4 heterocycles. The molecule has 0 spiro atoms. The molecule has 1 fully saturated rings. The highest BCUT2D eigenvalue weighted by molar-refractivity contribution is 5.78. The van der Waals surface area contributed by atoms with Crippen molar-refractivity contribution in [2.45, 2.75) is 12.5 Å². The molecule has 8 nitrogen and oxygen atoms in total. The lowest BCUT2D eigenvalue weighted by Gasteiger charge is -2.16. The molecule has 122 valence electrons. The summed E-state index contributed by atoms with van der Waals surface area (Å²) in [6, 6.07) is 5.69. The SMILES string of the molecule is O=C(O)N1CC[C@H](Nc2ncccc2-c2cnc3[nH]ccc3n2)C1. The average molecular weight is 324 g/mol. The number of carboxylic acid groups (broad SMARTS) is 1. The van der Waals surface area contributed by atoms with Gasteiger partial charge < -0.3 is 20.3 Å². The number of fused-ring (bicyclic) bond motifs is 1. The summed E-state index contributed by atoms with van der Waals surface area (Å²) in [5.41, 5.74) is 3.11. The zero-order chi connectivity index (χ0) is 16.5. The number of likely N-dealkylation sites (tertiary alicyclic amines) is 1. The van der Waals surface area contributed by atoms with E-state index in [-0.39, 0.29) is 6.04 Å². The van der Waals surface area contributed by atoms with Crippen molar-refractivity contribution in [1.29, 1.82) is 0 Å². The van der Waals surface area contributed by atoms with Crippen molar-refractivity contribution in [2.24, 2.45) is 0 Å². The Balaban J connectivity index is 1.62. The molecule has 3 aromatic heterocycles. The second-order valence-electron chi connectivity index (χ2n) is 5.72. The van der Waals surface area contributed by atoms with Gasteiger partial charge in [-0.3, -0.25) is 0 Å². The number of rotatable bonds is 3. The van der Waals surface area contributed by atoms with Gasteiger partial charge in [-0.1, -0.05) is 0 Å². The molecule has 4 rings (SSSR count). The van der Waals surface area contributed by atoms with Crippen molar-refractivity contribution in [3.63, 3.8) is 0 Å². The number of amides is 1. The summed E-state index contributed by atoms with van der Waals surface area (Å²) in [5, 5.41) is 12.4. The maximum atomic E-state index is 11.0. The molecule has 1 saturated heterocycles. The summed E-state index contributed by atoms with van der Waals surface area (Å²) in [6.07, 6.45) is 5.09. The normalized spacial score (nSPS) is 17.3. The van der Waals surface area contributed by atoms with Crippen LogP contribution in [-0.2, 0) is 0 Å². The Morgan fingerprint density at radius 3 is 3.12 bits per heavy atom. The van der Waals surface area contributed by atoms with Crippen molar-refractivity contribution in [3.8, 4) is 11.3 Å². The lowest BCUT2D eigenvalue weighted by molar-refractivity contribution is 0.155. The Bertz CT molecular complexity index is 893. The van der Waals surface area contributed by atoms with Gasteiger partial charge in [0, 0.05) is 37.1 Å². The highest BCUT2D eigenvalue weighted by atomic mass is 16.4. The van der Waals surface area contributed by atoms with Crippen LogP contribution >= 0.6 is 0 Å². The Labute approximate surface area is 137 Å². The zero-order valence-electron chi connectivity index (χ0n) is 12.8. The molecule has 1 atom stereocenters. The van der Waals surface area contributed by atoms with Crippen LogP contribution in [0.2, 0.25) is 0 Å². The lowest BCUT2D eigenvalue weighted by Crippen LogP contribution is -2.30. The summed E-state index contributed by atoms with van der Waals surface area (Å²) in [7, 11) is 0. The van der Waals surface area contributed by atoms with Crippen LogP contribution in [0.15, 0.2) is 36.8 Å². The summed E-state index contributed by atoms with van der Waals surface area (Å²) in [6.45, 7) is 0.984. The third-order valence-corrected chi connectivity index (χ3v) is 4.14. The van der Waals surface area contributed by atoms with Crippen LogP contribution in [-0.4, -0.2) is 55.2 Å². The second kappa shape index (κ2) is 5.80. The van der Waals surface area contributed by atoms with E-state index in [0.717, 1.165) is 28.8 Å². The molecule has 8 heteroatoms. The van der Waals surface area contributed by atoms with Gasteiger partial charge in [-0.05, 0) is 24.6 Å². The fourth-order valence-corrected chi connectivity index (χ4v) is 2.93. The number of H-pyrrole nitrogens is 1. The number of pyridine rings is 1. The van der Waals surface area contributed by atoms with Gasteiger partial charge in [0.25, 0.3) is 0 Å². The van der Waals surface area contributed by atoms with Crippen molar-refractivity contribution >= 4 is 23.1 Å². The van der Waals surface area contributed by atoms with E-state index < -0.39 is 6.09 Å². The lowest BCUT2D eigenvalue weighted by atomic mass is 10.1. The van der Waals surface area contributed by atoms with Crippen LogP contribution in [0.1, 0.15) is 6.42 Å². The first-order valence-electron chi connectivity index (χ1n) is 7.70. The standard InChI is InChI=1S/C16H16N6O2/c23-16(24)22-7-4-10(9-22)20-14-11(2-1-5-17-14)13-8-19-15-12(21-13)3-6-18-15/h1-3,5-6,8,10H,4,7,9H2,(H,17,20)(H,18,19)(H,23,24)/t10-/m0/s1. The van der Waals surface area contributed by atoms with Crippen LogP contribution in [0.4, 0.5) is 10.6 Å². The van der Waals surface area contributed by atoms with E-state index in [9.17, 15) is 4.79 Å². The third kappa shape index (κ3) is 2.62. The van der Waals surface area contributed by atoms with Gasteiger partial charge in [0.05, 0.1) is 11.9 Å². The van der Waals surface area contributed by atoms with E-state index in [2.05, 4.69) is 25.3 Å². The number of hydrogen-bond acceptors (Lipinski definition) is 5. The number of anilines is 1. The van der Waals surface area contributed by atoms with Crippen LogP contribution in [0.5, 0.6) is 0 Å². The first-order chi connectivity index (χ1) is 11.7. The topological polar surface area (TPSA) is 107 Å². The number of carbonyl (C=O) groups is 1. The molecule has 0 aliphatic carbocycles. The molecule has 0 unspecified atom stereocenters. The van der Waals surface area contributed by atoms with Crippen molar-refractivity contribution < 1.29 is 9.90 Å². The van der Waals surface area contributed by atoms with Gasteiger partial charge in [-0.2, -0.15) is 0 Å².